The average molecular weight is 421 g/mol. The van der Waals surface area contributed by atoms with E-state index in [1.165, 1.54) is 22.6 Å². The van der Waals surface area contributed by atoms with Gasteiger partial charge in [0.1, 0.15) is 5.82 Å². The largest absolute Gasteiger partial charge is 0.416 e. The minimum atomic E-state index is -4.38. The first-order valence-electron chi connectivity index (χ1n) is 8.96. The van der Waals surface area contributed by atoms with E-state index in [0.29, 0.717) is 24.4 Å². The first-order valence-corrected chi connectivity index (χ1v) is 10.4. The summed E-state index contributed by atoms with van der Waals surface area (Å²) in [7, 11) is -3.69. The van der Waals surface area contributed by atoms with E-state index < -0.39 is 21.8 Å². The number of nitrogens with one attached hydrogen (secondary N) is 1. The summed E-state index contributed by atoms with van der Waals surface area (Å²) in [4.78, 5) is 6.72. The molecule has 1 aliphatic rings. The fourth-order valence-corrected chi connectivity index (χ4v) is 4.82. The molecule has 1 aromatic heterocycles. The van der Waals surface area contributed by atoms with E-state index in [1.54, 1.807) is 6.92 Å². The van der Waals surface area contributed by atoms with E-state index in [2.05, 4.69) is 9.97 Å². The Morgan fingerprint density at radius 2 is 1.72 bits per heavy atom. The fourth-order valence-electron chi connectivity index (χ4n) is 3.44. The van der Waals surface area contributed by atoms with Gasteiger partial charge in [0.2, 0.25) is 0 Å². The lowest BCUT2D eigenvalue weighted by Crippen LogP contribution is -2.36. The number of sulfonamides is 1. The Hall–Kier alpha value is -2.65. The highest BCUT2D eigenvalue weighted by molar-refractivity contribution is 7.89. The zero-order chi connectivity index (χ0) is 20.8. The van der Waals surface area contributed by atoms with Crippen molar-refractivity contribution in [2.24, 2.45) is 0 Å². The summed E-state index contributed by atoms with van der Waals surface area (Å²) in [5.74, 6) is 0.519. The molecular formula is C20H18F3N3O2S. The van der Waals surface area contributed by atoms with Crippen LogP contribution in [0.15, 0.2) is 53.7 Å². The van der Waals surface area contributed by atoms with E-state index in [-0.39, 0.29) is 11.6 Å². The van der Waals surface area contributed by atoms with Crippen LogP contribution < -0.4 is 0 Å². The lowest BCUT2D eigenvalue weighted by molar-refractivity contribution is -0.137. The molecule has 0 radical (unpaired) electrons. The second-order valence-corrected chi connectivity index (χ2v) is 8.89. The van der Waals surface area contributed by atoms with Crippen LogP contribution in [-0.4, -0.2) is 29.2 Å². The third kappa shape index (κ3) is 3.79. The van der Waals surface area contributed by atoms with Crippen LogP contribution in [0.4, 0.5) is 13.2 Å². The maximum Gasteiger partial charge on any atom is 0.416 e. The van der Waals surface area contributed by atoms with Crippen molar-refractivity contribution < 1.29 is 21.6 Å². The second-order valence-electron chi connectivity index (χ2n) is 6.98. The molecule has 0 unspecified atom stereocenters. The molecule has 1 aliphatic heterocycles. The van der Waals surface area contributed by atoms with Crippen molar-refractivity contribution >= 4 is 10.0 Å². The summed E-state index contributed by atoms with van der Waals surface area (Å²) >= 11 is 0. The number of H-pyrrole nitrogens is 1. The summed E-state index contributed by atoms with van der Waals surface area (Å²) in [6.45, 7) is 2.23. The van der Waals surface area contributed by atoms with Crippen LogP contribution in [0.2, 0.25) is 0 Å². The number of hydrogen-bond donors (Lipinski definition) is 1. The molecule has 0 fully saturated rings. The van der Waals surface area contributed by atoms with Crippen LogP contribution >= 0.6 is 0 Å². The Bertz CT molecular complexity index is 1150. The standard InChI is InChI=1S/C20H18F3N3O2S/c1-13-24-11-19(25-13)29(27,28)26-9-8-15-2-3-16(10-17(15)12-26)14-4-6-18(7-5-14)20(21,22)23/h2-7,10-11H,8-9,12H2,1H3,(H,24,25). The Morgan fingerprint density at radius 3 is 2.34 bits per heavy atom. The van der Waals surface area contributed by atoms with Crippen LogP contribution in [-0.2, 0) is 29.2 Å². The van der Waals surface area contributed by atoms with Gasteiger partial charge in [-0.05, 0) is 53.8 Å². The van der Waals surface area contributed by atoms with E-state index in [4.69, 9.17) is 0 Å². The molecule has 2 heterocycles. The SMILES string of the molecule is Cc1ncc(S(=O)(=O)N2CCc3ccc(-c4ccc(C(F)(F)F)cc4)cc3C2)[nH]1. The number of hydrogen-bond acceptors (Lipinski definition) is 3. The van der Waals surface area contributed by atoms with Crippen molar-refractivity contribution in [3.63, 3.8) is 0 Å². The number of fused-ring (bicyclic) bond motifs is 1. The molecule has 0 bridgehead atoms. The van der Waals surface area contributed by atoms with Crippen molar-refractivity contribution in [3.8, 4) is 11.1 Å². The molecule has 3 aromatic rings. The van der Waals surface area contributed by atoms with Crippen LogP contribution in [0.25, 0.3) is 11.1 Å². The summed E-state index contributed by atoms with van der Waals surface area (Å²) in [5, 5.41) is 0.0531. The summed E-state index contributed by atoms with van der Waals surface area (Å²) in [5.41, 5.74) is 2.56. The molecule has 0 saturated carbocycles. The topological polar surface area (TPSA) is 66.1 Å². The number of aromatic amines is 1. The van der Waals surface area contributed by atoms with Gasteiger partial charge in [0.05, 0.1) is 11.8 Å². The van der Waals surface area contributed by atoms with Gasteiger partial charge in [-0.3, -0.25) is 0 Å². The fraction of sp³-hybridized carbons (Fsp3) is 0.250. The van der Waals surface area contributed by atoms with Crippen LogP contribution in [0, 0.1) is 6.92 Å². The van der Waals surface area contributed by atoms with Crippen molar-refractivity contribution in [1.82, 2.24) is 14.3 Å². The molecule has 0 amide bonds. The van der Waals surface area contributed by atoms with Gasteiger partial charge in [0, 0.05) is 13.1 Å². The Balaban J connectivity index is 1.62. The molecule has 2 aromatic carbocycles. The number of imidazole rings is 1. The number of aromatic nitrogens is 2. The van der Waals surface area contributed by atoms with Crippen LogP contribution in [0.3, 0.4) is 0 Å². The van der Waals surface area contributed by atoms with E-state index in [1.807, 2.05) is 18.2 Å². The van der Waals surface area contributed by atoms with E-state index in [0.717, 1.165) is 28.8 Å². The predicted octanol–water partition coefficient (Wildman–Crippen LogP) is 4.15. The zero-order valence-electron chi connectivity index (χ0n) is 15.5. The molecule has 1 N–H and O–H groups in total. The minimum absolute atomic E-state index is 0.0531. The highest BCUT2D eigenvalue weighted by Crippen LogP contribution is 2.32. The van der Waals surface area contributed by atoms with Gasteiger partial charge in [-0.25, -0.2) is 13.4 Å². The maximum absolute atomic E-state index is 12.8. The maximum atomic E-state index is 12.8. The third-order valence-corrected chi connectivity index (χ3v) is 6.78. The van der Waals surface area contributed by atoms with Gasteiger partial charge in [-0.1, -0.05) is 24.3 Å². The van der Waals surface area contributed by atoms with Gasteiger partial charge in [-0.2, -0.15) is 17.5 Å². The molecule has 5 nitrogen and oxygen atoms in total. The molecule has 0 saturated heterocycles. The monoisotopic (exact) mass is 421 g/mol. The van der Waals surface area contributed by atoms with Crippen molar-refractivity contribution in [1.29, 1.82) is 0 Å². The van der Waals surface area contributed by atoms with Gasteiger partial charge in [0.25, 0.3) is 10.0 Å². The average Bonchev–Trinajstić information content (AvgIpc) is 3.14. The number of aryl methyl sites for hydroxylation is 1. The zero-order valence-corrected chi connectivity index (χ0v) is 16.3. The molecule has 9 heteroatoms. The minimum Gasteiger partial charge on any atom is -0.332 e. The van der Waals surface area contributed by atoms with E-state index >= 15 is 0 Å². The number of benzene rings is 2. The normalized spacial score (nSPS) is 15.3. The smallest absolute Gasteiger partial charge is 0.332 e. The summed E-state index contributed by atoms with van der Waals surface area (Å²) < 4.78 is 65.4. The second kappa shape index (κ2) is 7.00. The summed E-state index contributed by atoms with van der Waals surface area (Å²) in [6.07, 6.45) is -2.51. The Morgan fingerprint density at radius 1 is 1.03 bits per heavy atom. The Labute approximate surface area is 166 Å². The molecule has 0 spiro atoms. The van der Waals surface area contributed by atoms with Gasteiger partial charge in [0.15, 0.2) is 5.03 Å². The van der Waals surface area contributed by atoms with Crippen LogP contribution in [0.5, 0.6) is 0 Å². The molecule has 29 heavy (non-hydrogen) atoms. The van der Waals surface area contributed by atoms with Crippen molar-refractivity contribution in [3.05, 3.63) is 71.2 Å². The first kappa shape index (κ1) is 19.7. The van der Waals surface area contributed by atoms with Crippen molar-refractivity contribution in [2.75, 3.05) is 6.54 Å². The number of rotatable bonds is 3. The molecule has 4 rings (SSSR count). The lowest BCUT2D eigenvalue weighted by Gasteiger charge is -2.28. The molecule has 0 atom stereocenters. The summed E-state index contributed by atoms with van der Waals surface area (Å²) in [6, 6.07) is 10.6. The number of nitrogens with zero attached hydrogens (tertiary/aromatic N) is 2. The van der Waals surface area contributed by atoms with Gasteiger partial charge >= 0.3 is 6.18 Å². The van der Waals surface area contributed by atoms with Gasteiger partial charge < -0.3 is 4.98 Å². The Kier molecular flexibility index (Phi) is 4.74. The quantitative estimate of drug-likeness (QED) is 0.691. The lowest BCUT2D eigenvalue weighted by atomic mass is 9.95. The predicted molar refractivity (Wildman–Crippen MR) is 102 cm³/mol. The highest BCUT2D eigenvalue weighted by Gasteiger charge is 2.31. The van der Waals surface area contributed by atoms with E-state index in [9.17, 15) is 21.6 Å². The van der Waals surface area contributed by atoms with Crippen LogP contribution in [0.1, 0.15) is 22.5 Å². The van der Waals surface area contributed by atoms with Crippen molar-refractivity contribution in [2.45, 2.75) is 31.1 Å². The molecule has 152 valence electrons. The van der Waals surface area contributed by atoms with Gasteiger partial charge in [-0.15, -0.1) is 0 Å². The molecule has 0 aliphatic carbocycles. The molecular weight excluding hydrogens is 403 g/mol. The number of halogens is 3. The first-order chi connectivity index (χ1) is 13.6. The number of alkyl halides is 3. The highest BCUT2D eigenvalue weighted by atomic mass is 32.2. The third-order valence-electron chi connectivity index (χ3n) is 5.03.